The van der Waals surface area contributed by atoms with Crippen LogP contribution >= 0.6 is 0 Å². The number of hydrogen-bond acceptors (Lipinski definition) is 1. The first-order chi connectivity index (χ1) is 8.60. The molecule has 1 unspecified atom stereocenters. The van der Waals surface area contributed by atoms with Crippen molar-refractivity contribution in [2.75, 3.05) is 5.75 Å². The number of halogens is 6. The van der Waals surface area contributed by atoms with Gasteiger partial charge in [-0.1, -0.05) is 24.3 Å². The van der Waals surface area contributed by atoms with Crippen LogP contribution in [0.2, 0.25) is 0 Å². The maximum absolute atomic E-state index is 12.2. The summed E-state index contributed by atoms with van der Waals surface area (Å²) in [4.78, 5) is 0. The van der Waals surface area contributed by atoms with Crippen LogP contribution in [-0.4, -0.2) is 15.5 Å². The molecule has 0 heterocycles. The maximum Gasteiger partial charge on any atom is 0.471 e. The van der Waals surface area contributed by atoms with Gasteiger partial charge < -0.3 is 0 Å². The molecule has 0 amide bonds. The Hall–Kier alpha value is -1.31. The van der Waals surface area contributed by atoms with Gasteiger partial charge in [0.2, 0.25) is 0 Å². The SMILES string of the molecule is O=S(C/C=C/c1ccc(C(F)(F)F)cc1)C(F)(F)F. The van der Waals surface area contributed by atoms with E-state index in [1.165, 1.54) is 6.08 Å². The Morgan fingerprint density at radius 2 is 1.53 bits per heavy atom. The number of hydrogen-bond donors (Lipinski definition) is 0. The highest BCUT2D eigenvalue weighted by Crippen LogP contribution is 2.29. The lowest BCUT2D eigenvalue weighted by molar-refractivity contribution is -0.137. The minimum atomic E-state index is -4.79. The lowest BCUT2D eigenvalue weighted by Gasteiger charge is -2.06. The fourth-order valence-electron chi connectivity index (χ4n) is 1.15. The Morgan fingerprint density at radius 3 is 1.95 bits per heavy atom. The molecule has 19 heavy (non-hydrogen) atoms. The summed E-state index contributed by atoms with van der Waals surface area (Å²) in [6.45, 7) is 0. The van der Waals surface area contributed by atoms with E-state index in [1.54, 1.807) is 0 Å². The van der Waals surface area contributed by atoms with Crippen LogP contribution in [0.25, 0.3) is 6.08 Å². The van der Waals surface area contributed by atoms with Gasteiger partial charge in [-0.25, -0.2) is 0 Å². The van der Waals surface area contributed by atoms with E-state index < -0.39 is 33.8 Å². The second-order valence-corrected chi connectivity index (χ2v) is 4.97. The van der Waals surface area contributed by atoms with E-state index in [2.05, 4.69) is 0 Å². The second-order valence-electron chi connectivity index (χ2n) is 3.48. The summed E-state index contributed by atoms with van der Waals surface area (Å²) in [6, 6.07) is 3.88. The zero-order valence-corrected chi connectivity index (χ0v) is 10.1. The molecular weight excluding hydrogens is 294 g/mol. The molecule has 106 valence electrons. The fourth-order valence-corrected chi connectivity index (χ4v) is 1.61. The summed E-state index contributed by atoms with van der Waals surface area (Å²) in [5.74, 6) is -0.732. The molecule has 0 radical (unpaired) electrons. The third-order valence-electron chi connectivity index (χ3n) is 2.05. The van der Waals surface area contributed by atoms with E-state index in [-0.39, 0.29) is 0 Å². The Labute approximate surface area is 107 Å². The molecule has 0 aliphatic rings. The predicted molar refractivity (Wildman–Crippen MR) is 59.5 cm³/mol. The minimum absolute atomic E-state index is 0.298. The summed E-state index contributed by atoms with van der Waals surface area (Å²) >= 11 is 0. The molecule has 0 saturated carbocycles. The third-order valence-corrected chi connectivity index (χ3v) is 3.07. The van der Waals surface area contributed by atoms with Gasteiger partial charge in [0, 0.05) is 0 Å². The van der Waals surface area contributed by atoms with Crippen molar-refractivity contribution in [3.05, 3.63) is 41.5 Å². The molecule has 0 saturated heterocycles. The van der Waals surface area contributed by atoms with Crippen molar-refractivity contribution in [3.8, 4) is 0 Å². The second kappa shape index (κ2) is 5.77. The Kier molecular flexibility index (Phi) is 4.78. The molecule has 0 aliphatic carbocycles. The van der Waals surface area contributed by atoms with Gasteiger partial charge in [0.15, 0.2) is 0 Å². The predicted octanol–water partition coefficient (Wildman–Crippen LogP) is 3.99. The Bertz CT molecular complexity index is 471. The summed E-state index contributed by atoms with van der Waals surface area (Å²) < 4.78 is 83.0. The fraction of sp³-hybridized carbons (Fsp3) is 0.273. The largest absolute Gasteiger partial charge is 0.471 e. The summed E-state index contributed by atoms with van der Waals surface area (Å²) in [5.41, 5.74) is -5.33. The van der Waals surface area contributed by atoms with E-state index >= 15 is 0 Å². The highest BCUT2D eigenvalue weighted by Gasteiger charge is 2.35. The molecule has 1 atom stereocenters. The molecular formula is C11H8F6OS. The van der Waals surface area contributed by atoms with E-state index in [1.807, 2.05) is 0 Å². The van der Waals surface area contributed by atoms with Crippen LogP contribution in [-0.2, 0) is 17.0 Å². The van der Waals surface area contributed by atoms with Crippen LogP contribution in [0.4, 0.5) is 26.3 Å². The van der Waals surface area contributed by atoms with Crippen LogP contribution < -0.4 is 0 Å². The van der Waals surface area contributed by atoms with Crippen LogP contribution in [0.15, 0.2) is 30.3 Å². The van der Waals surface area contributed by atoms with Crippen molar-refractivity contribution < 1.29 is 30.6 Å². The van der Waals surface area contributed by atoms with Gasteiger partial charge in [-0.2, -0.15) is 26.3 Å². The maximum atomic E-state index is 12.2. The monoisotopic (exact) mass is 302 g/mol. The molecule has 8 heteroatoms. The number of alkyl halides is 6. The number of benzene rings is 1. The zero-order valence-electron chi connectivity index (χ0n) is 9.26. The van der Waals surface area contributed by atoms with Crippen LogP contribution in [0.3, 0.4) is 0 Å². The normalized spacial score (nSPS) is 14.8. The van der Waals surface area contributed by atoms with Crippen molar-refractivity contribution in [1.29, 1.82) is 0 Å². The first-order valence-corrected chi connectivity index (χ1v) is 6.21. The van der Waals surface area contributed by atoms with Gasteiger partial charge in [0.25, 0.3) is 0 Å². The summed E-state index contributed by atoms with van der Waals surface area (Å²) in [7, 11) is -3.00. The van der Waals surface area contributed by atoms with Crippen molar-refractivity contribution in [3.63, 3.8) is 0 Å². The minimum Gasteiger partial charge on any atom is -0.250 e. The van der Waals surface area contributed by atoms with Crippen molar-refractivity contribution in [2.24, 2.45) is 0 Å². The zero-order chi connectivity index (χ0) is 14.7. The van der Waals surface area contributed by atoms with E-state index in [4.69, 9.17) is 0 Å². The molecule has 0 N–H and O–H groups in total. The van der Waals surface area contributed by atoms with Crippen molar-refractivity contribution >= 4 is 16.9 Å². The molecule has 0 aromatic heterocycles. The van der Waals surface area contributed by atoms with Gasteiger partial charge in [-0.05, 0) is 17.7 Å². The molecule has 1 aromatic rings. The lowest BCUT2D eigenvalue weighted by Crippen LogP contribution is -2.17. The molecule has 1 rings (SSSR count). The van der Waals surface area contributed by atoms with Gasteiger partial charge in [-0.3, -0.25) is 4.21 Å². The van der Waals surface area contributed by atoms with E-state index in [0.29, 0.717) is 5.56 Å². The smallest absolute Gasteiger partial charge is 0.250 e. The average Bonchev–Trinajstić information content (AvgIpc) is 2.27. The quantitative estimate of drug-likeness (QED) is 0.772. The topological polar surface area (TPSA) is 17.1 Å². The average molecular weight is 302 g/mol. The van der Waals surface area contributed by atoms with Gasteiger partial charge in [0.05, 0.1) is 11.3 Å². The Balaban J connectivity index is 2.67. The van der Waals surface area contributed by atoms with Crippen molar-refractivity contribution in [2.45, 2.75) is 11.7 Å². The summed E-state index contributed by atoms with van der Waals surface area (Å²) in [5, 5.41) is 0. The number of rotatable bonds is 3. The van der Waals surface area contributed by atoms with Gasteiger partial charge in [0.1, 0.15) is 10.8 Å². The molecule has 0 spiro atoms. The first kappa shape index (κ1) is 15.7. The summed E-state index contributed by atoms with van der Waals surface area (Å²) in [6.07, 6.45) is -2.27. The third kappa shape index (κ3) is 5.06. The standard InChI is InChI=1S/C11H8F6OS/c12-10(13,14)9-5-3-8(4-6-9)2-1-7-19(18)11(15,16)17/h1-6H,7H2/b2-1+. The van der Waals surface area contributed by atoms with Crippen LogP contribution in [0, 0.1) is 0 Å². The van der Waals surface area contributed by atoms with Crippen LogP contribution in [0.1, 0.15) is 11.1 Å². The molecule has 0 bridgehead atoms. The van der Waals surface area contributed by atoms with E-state index in [9.17, 15) is 30.6 Å². The highest BCUT2D eigenvalue weighted by atomic mass is 32.2. The lowest BCUT2D eigenvalue weighted by atomic mass is 10.1. The molecule has 1 nitrogen and oxygen atoms in total. The first-order valence-electron chi connectivity index (χ1n) is 4.89. The van der Waals surface area contributed by atoms with Gasteiger partial charge >= 0.3 is 11.7 Å². The molecule has 0 aliphatic heterocycles. The van der Waals surface area contributed by atoms with Gasteiger partial charge in [-0.15, -0.1) is 0 Å². The van der Waals surface area contributed by atoms with Crippen LogP contribution in [0.5, 0.6) is 0 Å². The van der Waals surface area contributed by atoms with Crippen molar-refractivity contribution in [1.82, 2.24) is 0 Å². The highest BCUT2D eigenvalue weighted by molar-refractivity contribution is 7.86. The van der Waals surface area contributed by atoms with E-state index in [0.717, 1.165) is 30.3 Å². The molecule has 0 fully saturated rings. The molecule has 1 aromatic carbocycles. The Morgan fingerprint density at radius 1 is 1.00 bits per heavy atom.